The predicted molar refractivity (Wildman–Crippen MR) is 142 cm³/mol. The van der Waals surface area contributed by atoms with Gasteiger partial charge in [0.1, 0.15) is 33.7 Å². The molecule has 0 amide bonds. The first-order valence-corrected chi connectivity index (χ1v) is 12.3. The highest BCUT2D eigenvalue weighted by Crippen LogP contribution is 2.37. The first-order chi connectivity index (χ1) is 16.3. The van der Waals surface area contributed by atoms with Gasteiger partial charge in [-0.15, -0.1) is 0 Å². The minimum atomic E-state index is 0.122. The number of ether oxygens (including phenoxy) is 3. The van der Waals surface area contributed by atoms with Crippen molar-refractivity contribution in [1.82, 2.24) is 0 Å². The number of unbranched alkanes of at least 4 members (excludes halogenated alkanes) is 1. The van der Waals surface area contributed by atoms with Crippen LogP contribution < -0.4 is 14.2 Å². The Morgan fingerprint density at radius 3 is 1.94 bits per heavy atom. The molecule has 2 rings (SSSR count). The lowest BCUT2D eigenvalue weighted by atomic mass is 10.2. The summed E-state index contributed by atoms with van der Waals surface area (Å²) in [4.78, 5) is 5.00. The van der Waals surface area contributed by atoms with E-state index >= 15 is 0 Å². The van der Waals surface area contributed by atoms with Crippen molar-refractivity contribution in [2.24, 2.45) is 5.16 Å². The lowest BCUT2D eigenvalue weighted by molar-refractivity contribution is 0.176. The molecule has 5 nitrogen and oxygen atoms in total. The molecule has 0 radical (unpaired) electrons. The third-order valence-corrected chi connectivity index (χ3v) is 5.16. The molecular weight excluding hydrogens is 567 g/mol. The van der Waals surface area contributed by atoms with Gasteiger partial charge in [0, 0.05) is 12.1 Å². The van der Waals surface area contributed by atoms with Crippen LogP contribution in [0.1, 0.15) is 18.4 Å². The van der Waals surface area contributed by atoms with Crippen LogP contribution in [0.2, 0.25) is 10.0 Å². The highest BCUT2D eigenvalue weighted by molar-refractivity contribution is 6.56. The summed E-state index contributed by atoms with van der Waals surface area (Å²) in [5.41, 5.74) is 0.867. The van der Waals surface area contributed by atoms with Crippen molar-refractivity contribution in [3.05, 3.63) is 73.1 Å². The van der Waals surface area contributed by atoms with E-state index in [4.69, 9.17) is 88.7 Å². The van der Waals surface area contributed by atoms with E-state index in [1.54, 1.807) is 18.3 Å². The molecule has 0 spiro atoms. The van der Waals surface area contributed by atoms with Crippen molar-refractivity contribution in [2.45, 2.75) is 12.8 Å². The topological polar surface area (TPSA) is 49.3 Å². The van der Waals surface area contributed by atoms with Crippen molar-refractivity contribution in [3.8, 4) is 17.2 Å². The van der Waals surface area contributed by atoms with Gasteiger partial charge < -0.3 is 19.0 Å². The highest BCUT2D eigenvalue weighted by atomic mass is 35.5. The molecule has 2 aromatic carbocycles. The minimum absolute atomic E-state index is 0.122. The number of nitrogens with zero attached hydrogens (tertiary/aromatic N) is 1. The molecule has 0 saturated heterocycles. The second-order valence-corrected chi connectivity index (χ2v) is 9.35. The first kappa shape index (κ1) is 28.8. The Balaban J connectivity index is 1.67. The Morgan fingerprint density at radius 2 is 1.32 bits per heavy atom. The summed E-state index contributed by atoms with van der Waals surface area (Å²) in [6.45, 7) is 1.37. The fraction of sp³-hybridized carbons (Fsp3) is 0.261. The average Bonchev–Trinajstić information content (AvgIpc) is 2.78. The number of benzene rings is 2. The smallest absolute Gasteiger partial charge is 0.156 e. The fourth-order valence-corrected chi connectivity index (χ4v) is 3.25. The van der Waals surface area contributed by atoms with Crippen LogP contribution in [-0.4, -0.2) is 32.6 Å². The fourth-order valence-electron chi connectivity index (χ4n) is 2.42. The molecule has 0 aliphatic carbocycles. The SMILES string of the molecule is ClC(Cl)=CCON=Cc1ccc(OCCCCOc2c(Cl)cc(OCC=C(Cl)Cl)cc2Cl)cc1. The molecule has 0 aromatic heterocycles. The number of oxime groups is 1. The summed E-state index contributed by atoms with van der Waals surface area (Å²) in [7, 11) is 0. The predicted octanol–water partition coefficient (Wildman–Crippen LogP) is 8.60. The van der Waals surface area contributed by atoms with Crippen molar-refractivity contribution in [2.75, 3.05) is 26.4 Å². The Kier molecular flexibility index (Phi) is 13.7. The number of rotatable bonds is 14. The Labute approximate surface area is 228 Å². The Bertz CT molecular complexity index is 964. The van der Waals surface area contributed by atoms with Gasteiger partial charge in [0.2, 0.25) is 0 Å². The van der Waals surface area contributed by atoms with Gasteiger partial charge >= 0.3 is 0 Å². The van der Waals surface area contributed by atoms with Gasteiger partial charge in [0.15, 0.2) is 5.75 Å². The van der Waals surface area contributed by atoms with Crippen LogP contribution in [0.3, 0.4) is 0 Å². The molecule has 0 aliphatic rings. The summed E-state index contributed by atoms with van der Waals surface area (Å²) >= 11 is 34.6. The van der Waals surface area contributed by atoms with Crippen molar-refractivity contribution in [3.63, 3.8) is 0 Å². The second kappa shape index (κ2) is 16.2. The van der Waals surface area contributed by atoms with Gasteiger partial charge in [-0.3, -0.25) is 0 Å². The number of halogens is 6. The van der Waals surface area contributed by atoms with Gasteiger partial charge in [-0.2, -0.15) is 0 Å². The summed E-state index contributed by atoms with van der Waals surface area (Å²) < 4.78 is 17.2. The molecule has 0 atom stereocenters. The maximum atomic E-state index is 6.26. The van der Waals surface area contributed by atoms with Crippen LogP contribution in [0.5, 0.6) is 17.2 Å². The van der Waals surface area contributed by atoms with E-state index in [9.17, 15) is 0 Å². The molecule has 2 aromatic rings. The number of hydrogen-bond acceptors (Lipinski definition) is 5. The van der Waals surface area contributed by atoms with E-state index < -0.39 is 0 Å². The van der Waals surface area contributed by atoms with Gasteiger partial charge in [-0.1, -0.05) is 74.8 Å². The van der Waals surface area contributed by atoms with E-state index in [2.05, 4.69) is 5.16 Å². The quantitative estimate of drug-likeness (QED) is 0.126. The Morgan fingerprint density at radius 1 is 0.735 bits per heavy atom. The largest absolute Gasteiger partial charge is 0.494 e. The average molecular weight is 588 g/mol. The van der Waals surface area contributed by atoms with Crippen LogP contribution >= 0.6 is 69.6 Å². The van der Waals surface area contributed by atoms with Crippen LogP contribution in [0.4, 0.5) is 0 Å². The van der Waals surface area contributed by atoms with E-state index in [0.29, 0.717) is 34.8 Å². The summed E-state index contributed by atoms with van der Waals surface area (Å²) in [6, 6.07) is 10.7. The molecule has 0 fully saturated rings. The maximum absolute atomic E-state index is 6.26. The molecule has 0 bridgehead atoms. The van der Waals surface area contributed by atoms with Crippen molar-refractivity contribution >= 4 is 75.8 Å². The van der Waals surface area contributed by atoms with Gasteiger partial charge in [0.25, 0.3) is 0 Å². The zero-order valence-corrected chi connectivity index (χ0v) is 22.3. The molecule has 0 aliphatic heterocycles. The van der Waals surface area contributed by atoms with Crippen LogP contribution in [0.25, 0.3) is 0 Å². The molecule has 0 heterocycles. The first-order valence-electron chi connectivity index (χ1n) is 10.0. The zero-order valence-electron chi connectivity index (χ0n) is 17.8. The zero-order chi connectivity index (χ0) is 24.8. The van der Waals surface area contributed by atoms with Crippen LogP contribution in [-0.2, 0) is 4.84 Å². The van der Waals surface area contributed by atoms with E-state index in [0.717, 1.165) is 24.2 Å². The molecule has 0 saturated carbocycles. The summed E-state index contributed by atoms with van der Waals surface area (Å²) in [5, 5.41) is 4.53. The summed E-state index contributed by atoms with van der Waals surface area (Å²) in [6.07, 6.45) is 6.13. The van der Waals surface area contributed by atoms with Crippen molar-refractivity contribution in [1.29, 1.82) is 0 Å². The molecule has 11 heteroatoms. The Hall–Kier alpha value is -1.47. The van der Waals surface area contributed by atoms with Crippen molar-refractivity contribution < 1.29 is 19.0 Å². The lowest BCUT2D eigenvalue weighted by Crippen LogP contribution is -2.03. The van der Waals surface area contributed by atoms with E-state index in [-0.39, 0.29) is 22.2 Å². The lowest BCUT2D eigenvalue weighted by Gasteiger charge is -2.12. The molecule has 184 valence electrons. The standard InChI is InChI=1S/C23H21Cl6NO4/c24-19-13-18(32-11-7-21(26)27)14-20(25)23(19)33-10-2-1-9-31-17-5-3-16(4-6-17)15-30-34-12-8-22(28)29/h3-8,13-15H,1-2,9-12H2. The summed E-state index contributed by atoms with van der Waals surface area (Å²) in [5.74, 6) is 1.65. The second-order valence-electron chi connectivity index (χ2n) is 6.52. The molecule has 34 heavy (non-hydrogen) atoms. The van der Waals surface area contributed by atoms with Gasteiger partial charge in [-0.05, 0) is 54.8 Å². The normalized spacial score (nSPS) is 10.6. The van der Waals surface area contributed by atoms with Gasteiger partial charge in [0.05, 0.1) is 29.5 Å². The monoisotopic (exact) mass is 585 g/mol. The van der Waals surface area contributed by atoms with Crippen LogP contribution in [0, 0.1) is 0 Å². The third-order valence-electron chi connectivity index (χ3n) is 3.98. The number of hydrogen-bond donors (Lipinski definition) is 0. The van der Waals surface area contributed by atoms with E-state index in [1.807, 2.05) is 24.3 Å². The van der Waals surface area contributed by atoms with Gasteiger partial charge in [-0.25, -0.2) is 0 Å². The molecule has 0 N–H and O–H groups in total. The molecular formula is C23H21Cl6NO4. The minimum Gasteiger partial charge on any atom is -0.494 e. The maximum Gasteiger partial charge on any atom is 0.156 e. The van der Waals surface area contributed by atoms with Crippen LogP contribution in [0.15, 0.2) is 62.7 Å². The van der Waals surface area contributed by atoms with E-state index in [1.165, 1.54) is 12.2 Å². The molecule has 0 unspecified atom stereocenters. The highest BCUT2D eigenvalue weighted by Gasteiger charge is 2.10. The third kappa shape index (κ3) is 11.8.